The number of methoxy groups -OCH3 is 1. The lowest BCUT2D eigenvalue weighted by Crippen LogP contribution is -2.51. The average Bonchev–Trinajstić information content (AvgIpc) is 3.22. The van der Waals surface area contributed by atoms with E-state index < -0.39 is 6.10 Å². The number of hydrogen-bond acceptors (Lipinski definition) is 5. The van der Waals surface area contributed by atoms with Crippen molar-refractivity contribution < 1.29 is 14.4 Å². The Morgan fingerprint density at radius 3 is 2.72 bits per heavy atom. The van der Waals surface area contributed by atoms with Crippen molar-refractivity contribution in [2.45, 2.75) is 18.9 Å². The number of anilines is 1. The van der Waals surface area contributed by atoms with E-state index in [0.29, 0.717) is 25.9 Å². The van der Waals surface area contributed by atoms with Crippen LogP contribution in [-0.4, -0.2) is 55.9 Å². The Bertz CT molecular complexity index is 910. The standard InChI is InChI=1S/C22H24ClN3O3/c1-28-18-6-4-5-16(14-18)13-17-15-21(29-24-17)22(27)26-11-9-25(10-12-26)20-8-3-2-7-19(20)23/h2-8,14,21H,9-13,15H2,1H3/t21-/m1/s1. The molecule has 0 bridgehead atoms. The number of amides is 1. The highest BCUT2D eigenvalue weighted by atomic mass is 35.5. The van der Waals surface area contributed by atoms with Crippen molar-refractivity contribution >= 4 is 28.9 Å². The highest BCUT2D eigenvalue weighted by molar-refractivity contribution is 6.33. The Morgan fingerprint density at radius 1 is 1.17 bits per heavy atom. The van der Waals surface area contributed by atoms with E-state index in [9.17, 15) is 4.79 Å². The minimum absolute atomic E-state index is 0.00759. The van der Waals surface area contributed by atoms with Crippen molar-refractivity contribution in [2.24, 2.45) is 5.16 Å². The van der Waals surface area contributed by atoms with Crippen LogP contribution in [0.1, 0.15) is 12.0 Å². The second-order valence-corrected chi connectivity index (χ2v) is 7.65. The number of hydrogen-bond donors (Lipinski definition) is 0. The van der Waals surface area contributed by atoms with Crippen LogP contribution in [0, 0.1) is 0 Å². The fourth-order valence-electron chi connectivity index (χ4n) is 3.76. The molecule has 1 atom stereocenters. The second kappa shape index (κ2) is 8.74. The van der Waals surface area contributed by atoms with Crippen LogP contribution in [0.5, 0.6) is 5.75 Å². The quantitative estimate of drug-likeness (QED) is 0.754. The first kappa shape index (κ1) is 19.6. The normalized spacial score (nSPS) is 19.0. The van der Waals surface area contributed by atoms with Gasteiger partial charge in [-0.3, -0.25) is 4.79 Å². The number of rotatable bonds is 5. The van der Waals surface area contributed by atoms with Crippen molar-refractivity contribution in [3.05, 3.63) is 59.1 Å². The molecule has 2 aliphatic heterocycles. The van der Waals surface area contributed by atoms with E-state index in [0.717, 1.165) is 40.8 Å². The Kier molecular flexibility index (Phi) is 5.90. The number of piperazine rings is 1. The van der Waals surface area contributed by atoms with E-state index in [1.165, 1.54) is 0 Å². The molecule has 2 heterocycles. The van der Waals surface area contributed by atoms with Crippen LogP contribution >= 0.6 is 11.6 Å². The molecule has 0 spiro atoms. The fraction of sp³-hybridized carbons (Fsp3) is 0.364. The number of ether oxygens (including phenoxy) is 1. The van der Waals surface area contributed by atoms with Gasteiger partial charge in [0.05, 0.1) is 23.5 Å². The zero-order chi connectivity index (χ0) is 20.2. The minimum atomic E-state index is -0.525. The molecule has 2 aliphatic rings. The maximum absolute atomic E-state index is 12.9. The van der Waals surface area contributed by atoms with Crippen LogP contribution in [0.2, 0.25) is 5.02 Å². The summed E-state index contributed by atoms with van der Waals surface area (Å²) in [5, 5.41) is 4.90. The molecule has 0 radical (unpaired) electrons. The molecule has 2 aromatic carbocycles. The highest BCUT2D eigenvalue weighted by Crippen LogP contribution is 2.26. The number of oxime groups is 1. The minimum Gasteiger partial charge on any atom is -0.497 e. The number of para-hydroxylation sites is 1. The number of nitrogens with zero attached hydrogens (tertiary/aromatic N) is 3. The maximum atomic E-state index is 12.9. The van der Waals surface area contributed by atoms with E-state index in [2.05, 4.69) is 10.1 Å². The molecule has 2 aromatic rings. The lowest BCUT2D eigenvalue weighted by Gasteiger charge is -2.37. The van der Waals surface area contributed by atoms with E-state index in [1.54, 1.807) is 7.11 Å². The molecule has 0 N–H and O–H groups in total. The Balaban J connectivity index is 1.29. The van der Waals surface area contributed by atoms with Crippen molar-refractivity contribution in [3.63, 3.8) is 0 Å². The van der Waals surface area contributed by atoms with E-state index in [4.69, 9.17) is 21.2 Å². The van der Waals surface area contributed by atoms with Crippen molar-refractivity contribution in [3.8, 4) is 5.75 Å². The molecule has 6 nitrogen and oxygen atoms in total. The molecule has 4 rings (SSSR count). The molecule has 29 heavy (non-hydrogen) atoms. The first-order valence-electron chi connectivity index (χ1n) is 9.77. The van der Waals surface area contributed by atoms with Gasteiger partial charge >= 0.3 is 0 Å². The molecule has 7 heteroatoms. The topological polar surface area (TPSA) is 54.4 Å². The predicted molar refractivity (Wildman–Crippen MR) is 114 cm³/mol. The lowest BCUT2D eigenvalue weighted by atomic mass is 10.0. The number of carbonyl (C=O) groups is 1. The van der Waals surface area contributed by atoms with Crippen molar-refractivity contribution in [1.29, 1.82) is 0 Å². The first-order chi connectivity index (χ1) is 14.1. The number of carbonyl (C=O) groups excluding carboxylic acids is 1. The molecule has 1 amide bonds. The molecular formula is C22H24ClN3O3. The van der Waals surface area contributed by atoms with E-state index >= 15 is 0 Å². The maximum Gasteiger partial charge on any atom is 0.267 e. The van der Waals surface area contributed by atoms with Crippen LogP contribution in [-0.2, 0) is 16.1 Å². The molecule has 0 aliphatic carbocycles. The van der Waals surface area contributed by atoms with Crippen molar-refractivity contribution in [2.75, 3.05) is 38.2 Å². The van der Waals surface area contributed by atoms with Gasteiger partial charge < -0.3 is 19.4 Å². The van der Waals surface area contributed by atoms with Crippen LogP contribution in [0.3, 0.4) is 0 Å². The van der Waals surface area contributed by atoms with Gasteiger partial charge in [0.15, 0.2) is 0 Å². The van der Waals surface area contributed by atoms with Gasteiger partial charge in [-0.2, -0.15) is 0 Å². The van der Waals surface area contributed by atoms with Gasteiger partial charge in [0.25, 0.3) is 5.91 Å². The van der Waals surface area contributed by atoms with Crippen LogP contribution in [0.15, 0.2) is 53.7 Å². The number of halogens is 1. The smallest absolute Gasteiger partial charge is 0.267 e. The van der Waals surface area contributed by atoms with E-state index in [1.807, 2.05) is 53.4 Å². The van der Waals surface area contributed by atoms with Gasteiger partial charge in [-0.05, 0) is 29.8 Å². The summed E-state index contributed by atoms with van der Waals surface area (Å²) in [6, 6.07) is 15.7. The summed E-state index contributed by atoms with van der Waals surface area (Å²) in [6.45, 7) is 2.80. The Labute approximate surface area is 175 Å². The van der Waals surface area contributed by atoms with Crippen LogP contribution in [0.4, 0.5) is 5.69 Å². The second-order valence-electron chi connectivity index (χ2n) is 7.25. The van der Waals surface area contributed by atoms with Gasteiger partial charge in [0.2, 0.25) is 6.10 Å². The monoisotopic (exact) mass is 413 g/mol. The zero-order valence-corrected chi connectivity index (χ0v) is 17.1. The van der Waals surface area contributed by atoms with Crippen LogP contribution < -0.4 is 9.64 Å². The first-order valence-corrected chi connectivity index (χ1v) is 10.1. The van der Waals surface area contributed by atoms with Crippen molar-refractivity contribution in [1.82, 2.24) is 4.90 Å². The Hall–Kier alpha value is -2.73. The third-order valence-electron chi connectivity index (χ3n) is 5.33. The SMILES string of the molecule is COc1cccc(CC2=NO[C@@H](C(=O)N3CCN(c4ccccc4Cl)CC3)C2)c1. The van der Waals surface area contributed by atoms with Gasteiger partial charge in [-0.25, -0.2) is 0 Å². The highest BCUT2D eigenvalue weighted by Gasteiger charge is 2.33. The fourth-order valence-corrected chi connectivity index (χ4v) is 4.02. The van der Waals surface area contributed by atoms with E-state index in [-0.39, 0.29) is 5.91 Å². The third kappa shape index (κ3) is 4.48. The summed E-state index contributed by atoms with van der Waals surface area (Å²) < 4.78 is 5.26. The van der Waals surface area contributed by atoms with Gasteiger partial charge in [-0.1, -0.05) is 41.0 Å². The van der Waals surface area contributed by atoms with Crippen LogP contribution in [0.25, 0.3) is 0 Å². The Morgan fingerprint density at radius 2 is 1.97 bits per heavy atom. The lowest BCUT2D eigenvalue weighted by molar-refractivity contribution is -0.142. The summed E-state index contributed by atoms with van der Waals surface area (Å²) in [5.74, 6) is 0.819. The molecular weight excluding hydrogens is 390 g/mol. The zero-order valence-electron chi connectivity index (χ0n) is 16.4. The third-order valence-corrected chi connectivity index (χ3v) is 5.65. The van der Waals surface area contributed by atoms with Gasteiger partial charge in [0.1, 0.15) is 5.75 Å². The number of benzene rings is 2. The molecule has 152 valence electrons. The molecule has 1 fully saturated rings. The predicted octanol–water partition coefficient (Wildman–Crippen LogP) is 3.38. The molecule has 0 saturated carbocycles. The molecule has 0 unspecified atom stereocenters. The summed E-state index contributed by atoms with van der Waals surface area (Å²) in [6.07, 6.45) is 0.657. The molecule has 1 saturated heterocycles. The summed E-state index contributed by atoms with van der Waals surface area (Å²) >= 11 is 6.30. The summed E-state index contributed by atoms with van der Waals surface area (Å²) in [4.78, 5) is 22.4. The summed E-state index contributed by atoms with van der Waals surface area (Å²) in [5.41, 5.74) is 2.99. The average molecular weight is 414 g/mol. The summed E-state index contributed by atoms with van der Waals surface area (Å²) in [7, 11) is 1.65. The van der Waals surface area contributed by atoms with Gasteiger partial charge in [-0.15, -0.1) is 0 Å². The molecule has 0 aromatic heterocycles. The largest absolute Gasteiger partial charge is 0.497 e. The van der Waals surface area contributed by atoms with Gasteiger partial charge in [0, 0.05) is 39.0 Å².